The molecular weight excluding hydrogens is 292 g/mol. The number of benzene rings is 1. The van der Waals surface area contributed by atoms with Crippen LogP contribution < -0.4 is 4.74 Å². The van der Waals surface area contributed by atoms with Crippen LogP contribution in [0, 0.1) is 0 Å². The van der Waals surface area contributed by atoms with Gasteiger partial charge in [0.1, 0.15) is 17.2 Å². The minimum absolute atomic E-state index is 0.0950. The van der Waals surface area contributed by atoms with Crippen molar-refractivity contribution >= 4 is 5.91 Å². The molecule has 0 bridgehead atoms. The Kier molecular flexibility index (Phi) is 4.95. The van der Waals surface area contributed by atoms with Gasteiger partial charge >= 0.3 is 0 Å². The molecule has 1 aliphatic rings. The molecule has 0 saturated heterocycles. The van der Waals surface area contributed by atoms with E-state index in [1.807, 2.05) is 36.4 Å². The van der Waals surface area contributed by atoms with E-state index in [1.165, 1.54) is 12.8 Å². The summed E-state index contributed by atoms with van der Waals surface area (Å²) in [7, 11) is 1.80. The summed E-state index contributed by atoms with van der Waals surface area (Å²) in [6, 6.07) is 11.6. The van der Waals surface area contributed by atoms with Crippen molar-refractivity contribution in [2.24, 2.45) is 0 Å². The second-order valence-electron chi connectivity index (χ2n) is 6.01. The van der Waals surface area contributed by atoms with Crippen LogP contribution in [0.25, 0.3) is 0 Å². The average molecular weight is 314 g/mol. The van der Waals surface area contributed by atoms with Crippen LogP contribution in [-0.4, -0.2) is 29.6 Å². The van der Waals surface area contributed by atoms with Crippen LogP contribution in [0.3, 0.4) is 0 Å². The molecule has 5 nitrogen and oxygen atoms in total. The molecule has 1 amide bonds. The monoisotopic (exact) mass is 314 g/mol. The fourth-order valence-corrected chi connectivity index (χ4v) is 2.42. The SMILES string of the molecule is CN(Cc1cc(C2CC2)on1)C(=O)CCCOc1ccccc1. The van der Waals surface area contributed by atoms with Gasteiger partial charge in [-0.15, -0.1) is 0 Å². The normalized spacial score (nSPS) is 13.8. The molecule has 1 aromatic heterocycles. The van der Waals surface area contributed by atoms with Crippen LogP contribution in [0.4, 0.5) is 0 Å². The lowest BCUT2D eigenvalue weighted by atomic mass is 10.2. The molecule has 1 fully saturated rings. The highest BCUT2D eigenvalue weighted by atomic mass is 16.5. The third kappa shape index (κ3) is 4.58. The van der Waals surface area contributed by atoms with E-state index in [4.69, 9.17) is 9.26 Å². The molecule has 0 radical (unpaired) electrons. The van der Waals surface area contributed by atoms with Gasteiger partial charge in [-0.3, -0.25) is 4.79 Å². The lowest BCUT2D eigenvalue weighted by molar-refractivity contribution is -0.130. The van der Waals surface area contributed by atoms with Gasteiger partial charge < -0.3 is 14.2 Å². The topological polar surface area (TPSA) is 55.6 Å². The van der Waals surface area contributed by atoms with Gasteiger partial charge in [0.2, 0.25) is 5.91 Å². The molecular formula is C18H22N2O3. The number of carbonyl (C=O) groups is 1. The highest BCUT2D eigenvalue weighted by molar-refractivity contribution is 5.75. The number of ether oxygens (including phenoxy) is 1. The Bertz CT molecular complexity index is 635. The summed E-state index contributed by atoms with van der Waals surface area (Å²) >= 11 is 0. The maximum absolute atomic E-state index is 12.1. The lowest BCUT2D eigenvalue weighted by Gasteiger charge is -2.15. The van der Waals surface area contributed by atoms with Gasteiger partial charge in [0.05, 0.1) is 13.2 Å². The Hall–Kier alpha value is -2.30. The third-order valence-corrected chi connectivity index (χ3v) is 3.93. The molecule has 0 N–H and O–H groups in total. The van der Waals surface area contributed by atoms with Crippen molar-refractivity contribution in [2.75, 3.05) is 13.7 Å². The molecule has 0 aliphatic heterocycles. The predicted molar refractivity (Wildman–Crippen MR) is 86.1 cm³/mol. The molecule has 1 aliphatic carbocycles. The zero-order valence-corrected chi connectivity index (χ0v) is 13.4. The Balaban J connectivity index is 1.37. The van der Waals surface area contributed by atoms with Crippen LogP contribution >= 0.6 is 0 Å². The lowest BCUT2D eigenvalue weighted by Crippen LogP contribution is -2.26. The first kappa shape index (κ1) is 15.6. The molecule has 1 heterocycles. The van der Waals surface area contributed by atoms with Crippen LogP contribution in [0.1, 0.15) is 43.1 Å². The van der Waals surface area contributed by atoms with Crippen molar-refractivity contribution in [3.8, 4) is 5.75 Å². The van der Waals surface area contributed by atoms with Gasteiger partial charge in [-0.25, -0.2) is 0 Å². The number of hydrogen-bond acceptors (Lipinski definition) is 4. The summed E-state index contributed by atoms with van der Waals surface area (Å²) in [5.74, 6) is 2.44. The number of para-hydroxylation sites is 1. The highest BCUT2D eigenvalue weighted by Gasteiger charge is 2.28. The predicted octanol–water partition coefficient (Wildman–Crippen LogP) is 3.37. The zero-order chi connectivity index (χ0) is 16.1. The number of amides is 1. The fourth-order valence-electron chi connectivity index (χ4n) is 2.42. The Labute approximate surface area is 136 Å². The summed E-state index contributed by atoms with van der Waals surface area (Å²) in [5.41, 5.74) is 0.822. The molecule has 122 valence electrons. The molecule has 0 atom stereocenters. The Morgan fingerprint density at radius 1 is 1.35 bits per heavy atom. The first-order chi connectivity index (χ1) is 11.2. The molecule has 23 heavy (non-hydrogen) atoms. The van der Waals surface area contributed by atoms with E-state index in [0.29, 0.717) is 31.9 Å². The summed E-state index contributed by atoms with van der Waals surface area (Å²) in [6.07, 6.45) is 3.54. The van der Waals surface area contributed by atoms with Gasteiger partial charge in [0.25, 0.3) is 0 Å². The minimum Gasteiger partial charge on any atom is -0.494 e. The van der Waals surface area contributed by atoms with Crippen molar-refractivity contribution in [3.63, 3.8) is 0 Å². The maximum Gasteiger partial charge on any atom is 0.222 e. The van der Waals surface area contributed by atoms with E-state index in [0.717, 1.165) is 17.2 Å². The smallest absolute Gasteiger partial charge is 0.222 e. The van der Waals surface area contributed by atoms with E-state index in [9.17, 15) is 4.79 Å². The van der Waals surface area contributed by atoms with Gasteiger partial charge in [-0.2, -0.15) is 0 Å². The first-order valence-electron chi connectivity index (χ1n) is 8.09. The first-order valence-corrected chi connectivity index (χ1v) is 8.09. The molecule has 0 unspecified atom stereocenters. The number of aromatic nitrogens is 1. The molecule has 3 rings (SSSR count). The van der Waals surface area contributed by atoms with Crippen LogP contribution in [0.5, 0.6) is 5.75 Å². The van der Waals surface area contributed by atoms with Crippen LogP contribution in [0.2, 0.25) is 0 Å². The van der Waals surface area contributed by atoms with Gasteiger partial charge in [0, 0.05) is 25.5 Å². The van der Waals surface area contributed by atoms with Gasteiger partial charge in [-0.1, -0.05) is 23.4 Å². The molecule has 2 aromatic rings. The Morgan fingerprint density at radius 3 is 2.87 bits per heavy atom. The molecule has 0 spiro atoms. The largest absolute Gasteiger partial charge is 0.494 e. The Morgan fingerprint density at radius 2 is 2.13 bits per heavy atom. The van der Waals surface area contributed by atoms with Gasteiger partial charge in [0.15, 0.2) is 0 Å². The molecule has 1 saturated carbocycles. The summed E-state index contributed by atoms with van der Waals surface area (Å²) in [4.78, 5) is 13.8. The van der Waals surface area contributed by atoms with Crippen molar-refractivity contribution < 1.29 is 14.1 Å². The van der Waals surface area contributed by atoms with E-state index < -0.39 is 0 Å². The number of carbonyl (C=O) groups excluding carboxylic acids is 1. The number of nitrogens with zero attached hydrogens (tertiary/aromatic N) is 2. The second kappa shape index (κ2) is 7.31. The summed E-state index contributed by atoms with van der Waals surface area (Å²) < 4.78 is 10.9. The van der Waals surface area contributed by atoms with E-state index >= 15 is 0 Å². The van der Waals surface area contributed by atoms with Crippen LogP contribution in [-0.2, 0) is 11.3 Å². The van der Waals surface area contributed by atoms with Crippen molar-refractivity contribution in [1.82, 2.24) is 10.1 Å². The van der Waals surface area contributed by atoms with E-state index in [1.54, 1.807) is 11.9 Å². The zero-order valence-electron chi connectivity index (χ0n) is 13.4. The minimum atomic E-state index is 0.0950. The maximum atomic E-state index is 12.1. The standard InChI is InChI=1S/C18H22N2O3/c1-20(13-15-12-17(23-19-15)14-9-10-14)18(21)8-5-11-22-16-6-3-2-4-7-16/h2-4,6-7,12,14H,5,8-11,13H2,1H3. The molecule has 1 aromatic carbocycles. The van der Waals surface area contributed by atoms with Crippen LogP contribution in [0.15, 0.2) is 40.9 Å². The average Bonchev–Trinajstić information content (AvgIpc) is 3.32. The summed E-state index contributed by atoms with van der Waals surface area (Å²) in [6.45, 7) is 1.04. The number of hydrogen-bond donors (Lipinski definition) is 0. The fraction of sp³-hybridized carbons (Fsp3) is 0.444. The summed E-state index contributed by atoms with van der Waals surface area (Å²) in [5, 5.41) is 4.04. The van der Waals surface area contributed by atoms with Gasteiger partial charge in [-0.05, 0) is 31.4 Å². The van der Waals surface area contributed by atoms with Crippen molar-refractivity contribution in [1.29, 1.82) is 0 Å². The molecule has 5 heteroatoms. The van der Waals surface area contributed by atoms with Crippen molar-refractivity contribution in [2.45, 2.75) is 38.1 Å². The second-order valence-corrected chi connectivity index (χ2v) is 6.01. The van der Waals surface area contributed by atoms with E-state index in [-0.39, 0.29) is 5.91 Å². The third-order valence-electron chi connectivity index (χ3n) is 3.93. The quantitative estimate of drug-likeness (QED) is 0.701. The van der Waals surface area contributed by atoms with Crippen molar-refractivity contribution in [3.05, 3.63) is 47.9 Å². The van der Waals surface area contributed by atoms with E-state index in [2.05, 4.69) is 5.16 Å². The highest BCUT2D eigenvalue weighted by Crippen LogP contribution is 2.40. The number of rotatable bonds is 8.